The molecule has 0 aliphatic carbocycles. The van der Waals surface area contributed by atoms with Crippen molar-refractivity contribution in [2.45, 2.75) is 51.0 Å². The van der Waals surface area contributed by atoms with E-state index in [1.807, 2.05) is 0 Å². The van der Waals surface area contributed by atoms with Gasteiger partial charge in [0, 0.05) is 44.7 Å². The molecule has 2 unspecified atom stereocenters. The van der Waals surface area contributed by atoms with Gasteiger partial charge in [0.05, 0.1) is 0 Å². The summed E-state index contributed by atoms with van der Waals surface area (Å²) in [4.78, 5) is 15.1. The number of likely N-dealkylation sites (tertiary alicyclic amines) is 1. The lowest BCUT2D eigenvalue weighted by atomic mass is 10.1. The Labute approximate surface area is 117 Å². The molecule has 2 aliphatic heterocycles. The SMILES string of the molecule is CC(C)N1CCC(N2CCC(=O)NCC2C(F)(F)F)C1. The third-order valence-corrected chi connectivity index (χ3v) is 4.26. The van der Waals surface area contributed by atoms with Crippen molar-refractivity contribution < 1.29 is 18.0 Å². The van der Waals surface area contributed by atoms with Crippen molar-refractivity contribution in [2.75, 3.05) is 26.2 Å². The molecule has 2 atom stereocenters. The molecular weight excluding hydrogens is 271 g/mol. The predicted octanol–water partition coefficient (Wildman–Crippen LogP) is 1.22. The van der Waals surface area contributed by atoms with Crippen LogP contribution in [-0.4, -0.2) is 66.2 Å². The fraction of sp³-hybridized carbons (Fsp3) is 0.923. The second kappa shape index (κ2) is 5.89. The van der Waals surface area contributed by atoms with E-state index in [9.17, 15) is 18.0 Å². The van der Waals surface area contributed by atoms with Crippen molar-refractivity contribution >= 4 is 5.91 Å². The highest BCUT2D eigenvalue weighted by atomic mass is 19.4. The van der Waals surface area contributed by atoms with Gasteiger partial charge in [-0.1, -0.05) is 0 Å². The standard InChI is InChI=1S/C13H22F3N3O/c1-9(2)18-5-3-10(8-18)19-6-4-12(20)17-7-11(19)13(14,15)16/h9-11H,3-8H2,1-2H3,(H,17,20). The van der Waals surface area contributed by atoms with Gasteiger partial charge in [-0.2, -0.15) is 13.2 Å². The molecule has 0 radical (unpaired) electrons. The van der Waals surface area contributed by atoms with Crippen LogP contribution in [0.2, 0.25) is 0 Å². The Hall–Kier alpha value is -0.820. The first kappa shape index (κ1) is 15.6. The molecule has 116 valence electrons. The van der Waals surface area contributed by atoms with Crippen LogP contribution >= 0.6 is 0 Å². The van der Waals surface area contributed by atoms with Crippen LogP contribution in [0.15, 0.2) is 0 Å². The van der Waals surface area contributed by atoms with E-state index < -0.39 is 12.2 Å². The topological polar surface area (TPSA) is 35.6 Å². The summed E-state index contributed by atoms with van der Waals surface area (Å²) in [5.74, 6) is -0.291. The smallest absolute Gasteiger partial charge is 0.354 e. The molecule has 7 heteroatoms. The Kier molecular flexibility index (Phi) is 4.59. The molecule has 0 spiro atoms. The monoisotopic (exact) mass is 293 g/mol. The second-order valence-electron chi connectivity index (χ2n) is 5.88. The maximum Gasteiger partial charge on any atom is 0.405 e. The van der Waals surface area contributed by atoms with E-state index in [1.54, 1.807) is 0 Å². The molecule has 4 nitrogen and oxygen atoms in total. The van der Waals surface area contributed by atoms with Crippen LogP contribution in [0.25, 0.3) is 0 Å². The van der Waals surface area contributed by atoms with Gasteiger partial charge < -0.3 is 5.32 Å². The number of rotatable bonds is 2. The summed E-state index contributed by atoms with van der Waals surface area (Å²) in [6, 6.07) is -1.33. The van der Waals surface area contributed by atoms with E-state index in [0.717, 1.165) is 13.0 Å². The quantitative estimate of drug-likeness (QED) is 0.831. The molecule has 0 bridgehead atoms. The number of carbonyl (C=O) groups excluding carboxylic acids is 1. The minimum absolute atomic E-state index is 0.114. The Morgan fingerprint density at radius 3 is 2.55 bits per heavy atom. The summed E-state index contributed by atoms with van der Waals surface area (Å²) in [6.07, 6.45) is -3.42. The summed E-state index contributed by atoms with van der Waals surface area (Å²) < 4.78 is 39.6. The molecule has 0 saturated carbocycles. The van der Waals surface area contributed by atoms with Crippen LogP contribution in [0, 0.1) is 0 Å². The average Bonchev–Trinajstić information content (AvgIpc) is 2.73. The van der Waals surface area contributed by atoms with E-state index in [1.165, 1.54) is 4.90 Å². The molecule has 1 N–H and O–H groups in total. The second-order valence-corrected chi connectivity index (χ2v) is 5.88. The minimum Gasteiger partial charge on any atom is -0.354 e. The summed E-state index contributed by atoms with van der Waals surface area (Å²) in [6.45, 7) is 5.44. The number of carbonyl (C=O) groups is 1. The molecule has 0 aromatic rings. The van der Waals surface area contributed by atoms with Crippen LogP contribution in [0.5, 0.6) is 0 Å². The number of nitrogens with one attached hydrogen (secondary N) is 1. The van der Waals surface area contributed by atoms with E-state index in [-0.39, 0.29) is 31.5 Å². The Balaban J connectivity index is 2.11. The van der Waals surface area contributed by atoms with Crippen molar-refractivity contribution in [3.63, 3.8) is 0 Å². The number of halogens is 3. The van der Waals surface area contributed by atoms with Gasteiger partial charge in [0.15, 0.2) is 0 Å². The van der Waals surface area contributed by atoms with Crippen molar-refractivity contribution in [3.8, 4) is 0 Å². The normalized spacial score (nSPS) is 30.6. The molecule has 0 aromatic heterocycles. The van der Waals surface area contributed by atoms with Gasteiger partial charge in [0.2, 0.25) is 5.91 Å². The Morgan fingerprint density at radius 1 is 1.30 bits per heavy atom. The number of hydrogen-bond acceptors (Lipinski definition) is 3. The van der Waals surface area contributed by atoms with Crippen LogP contribution in [0.1, 0.15) is 26.7 Å². The number of alkyl halides is 3. The molecule has 2 rings (SSSR count). The zero-order valence-corrected chi connectivity index (χ0v) is 11.9. The van der Waals surface area contributed by atoms with Crippen LogP contribution in [0.4, 0.5) is 13.2 Å². The van der Waals surface area contributed by atoms with E-state index in [4.69, 9.17) is 0 Å². The predicted molar refractivity (Wildman–Crippen MR) is 69.3 cm³/mol. The van der Waals surface area contributed by atoms with E-state index >= 15 is 0 Å². The molecule has 1 amide bonds. The van der Waals surface area contributed by atoms with Crippen LogP contribution in [-0.2, 0) is 4.79 Å². The summed E-state index contributed by atoms with van der Waals surface area (Å²) >= 11 is 0. The Bertz CT molecular complexity index is 359. The third-order valence-electron chi connectivity index (χ3n) is 4.26. The van der Waals surface area contributed by atoms with E-state index in [0.29, 0.717) is 12.6 Å². The molecule has 20 heavy (non-hydrogen) atoms. The van der Waals surface area contributed by atoms with Crippen molar-refractivity contribution in [3.05, 3.63) is 0 Å². The number of hydrogen-bond donors (Lipinski definition) is 1. The highest BCUT2D eigenvalue weighted by Crippen LogP contribution is 2.30. The number of amides is 1. The molecule has 0 aromatic carbocycles. The maximum atomic E-state index is 13.2. The molecule has 2 saturated heterocycles. The maximum absolute atomic E-state index is 13.2. The molecule has 2 aliphatic rings. The first-order valence-electron chi connectivity index (χ1n) is 7.12. The number of nitrogens with zero attached hydrogens (tertiary/aromatic N) is 2. The fourth-order valence-electron chi connectivity index (χ4n) is 3.05. The Morgan fingerprint density at radius 2 is 2.00 bits per heavy atom. The summed E-state index contributed by atoms with van der Waals surface area (Å²) in [5, 5.41) is 2.37. The fourth-order valence-corrected chi connectivity index (χ4v) is 3.05. The molecular formula is C13H22F3N3O. The first-order chi connectivity index (χ1) is 9.29. The van der Waals surface area contributed by atoms with E-state index in [2.05, 4.69) is 24.1 Å². The van der Waals surface area contributed by atoms with Crippen molar-refractivity contribution in [2.24, 2.45) is 0 Å². The van der Waals surface area contributed by atoms with Gasteiger partial charge >= 0.3 is 6.18 Å². The lowest BCUT2D eigenvalue weighted by Crippen LogP contribution is -2.54. The van der Waals surface area contributed by atoms with Gasteiger partial charge in [-0.05, 0) is 20.3 Å². The largest absolute Gasteiger partial charge is 0.405 e. The lowest BCUT2D eigenvalue weighted by Gasteiger charge is -2.35. The van der Waals surface area contributed by atoms with Gasteiger partial charge in [0.1, 0.15) is 6.04 Å². The highest BCUT2D eigenvalue weighted by Gasteiger charge is 2.47. The van der Waals surface area contributed by atoms with Crippen LogP contribution < -0.4 is 5.32 Å². The van der Waals surface area contributed by atoms with Crippen LogP contribution in [0.3, 0.4) is 0 Å². The average molecular weight is 293 g/mol. The van der Waals surface area contributed by atoms with Gasteiger partial charge in [0.25, 0.3) is 0 Å². The molecule has 2 heterocycles. The van der Waals surface area contributed by atoms with Gasteiger partial charge in [-0.25, -0.2) is 0 Å². The molecule has 2 fully saturated rings. The van der Waals surface area contributed by atoms with Gasteiger partial charge in [-0.15, -0.1) is 0 Å². The van der Waals surface area contributed by atoms with Gasteiger partial charge in [-0.3, -0.25) is 14.6 Å². The summed E-state index contributed by atoms with van der Waals surface area (Å²) in [5.41, 5.74) is 0. The zero-order chi connectivity index (χ0) is 14.9. The minimum atomic E-state index is -4.30. The summed E-state index contributed by atoms with van der Waals surface area (Å²) in [7, 11) is 0. The zero-order valence-electron chi connectivity index (χ0n) is 11.9. The lowest BCUT2D eigenvalue weighted by molar-refractivity contribution is -0.186. The highest BCUT2D eigenvalue weighted by molar-refractivity contribution is 5.76. The third kappa shape index (κ3) is 3.44. The van der Waals surface area contributed by atoms with Crippen molar-refractivity contribution in [1.82, 2.24) is 15.1 Å². The first-order valence-corrected chi connectivity index (χ1v) is 7.12. The van der Waals surface area contributed by atoms with Crippen molar-refractivity contribution in [1.29, 1.82) is 0 Å².